The quantitative estimate of drug-likeness (QED) is 0.329. The average molecular weight is 582 g/mol. The van der Waals surface area contributed by atoms with Gasteiger partial charge in [-0.1, -0.05) is 0 Å². The molecule has 3 aliphatic heterocycles. The smallest absolute Gasteiger partial charge is 0.379 e. The Morgan fingerprint density at radius 3 is 2.67 bits per heavy atom. The van der Waals surface area contributed by atoms with Crippen LogP contribution in [0, 0.1) is 5.92 Å². The molecule has 4 atom stereocenters. The van der Waals surface area contributed by atoms with Crippen LogP contribution in [0.4, 0.5) is 37.8 Å². The third-order valence-electron chi connectivity index (χ3n) is 7.39. The molecule has 40 heavy (non-hydrogen) atoms. The molecule has 4 heterocycles. The van der Waals surface area contributed by atoms with Crippen LogP contribution < -0.4 is 26.0 Å². The van der Waals surface area contributed by atoms with Crippen molar-refractivity contribution < 1.29 is 40.7 Å². The van der Waals surface area contributed by atoms with Crippen LogP contribution in [0.2, 0.25) is 0 Å². The first kappa shape index (κ1) is 30.1. The van der Waals surface area contributed by atoms with Crippen LogP contribution in [-0.4, -0.2) is 99.0 Å². The fourth-order valence-electron chi connectivity index (χ4n) is 5.32. The normalized spacial score (nSPS) is 24.6. The highest BCUT2D eigenvalue weighted by Crippen LogP contribution is 2.38. The van der Waals surface area contributed by atoms with Crippen molar-refractivity contribution in [3.8, 4) is 0 Å². The van der Waals surface area contributed by atoms with Crippen LogP contribution in [0.25, 0.3) is 0 Å². The van der Waals surface area contributed by atoms with Crippen LogP contribution in [-0.2, 0) is 20.5 Å². The first-order chi connectivity index (χ1) is 18.8. The number of anilines is 2. The van der Waals surface area contributed by atoms with Crippen molar-refractivity contribution in [2.75, 3.05) is 62.8 Å². The second-order valence-electron chi connectivity index (χ2n) is 10.4. The van der Waals surface area contributed by atoms with Gasteiger partial charge >= 0.3 is 12.4 Å². The van der Waals surface area contributed by atoms with Gasteiger partial charge < -0.3 is 24.8 Å². The van der Waals surface area contributed by atoms with Crippen molar-refractivity contribution in [2.24, 2.45) is 5.92 Å². The molecule has 4 rings (SSSR count). The van der Waals surface area contributed by atoms with Gasteiger partial charge in [0.2, 0.25) is 11.8 Å². The molecule has 3 unspecified atom stereocenters. The van der Waals surface area contributed by atoms with Gasteiger partial charge in [0.05, 0.1) is 30.9 Å². The number of nitrogens with one attached hydrogen (secondary N) is 3. The maximum atomic E-state index is 13.3. The van der Waals surface area contributed by atoms with Crippen molar-refractivity contribution in [2.45, 2.75) is 50.2 Å². The molecule has 16 heteroatoms. The van der Waals surface area contributed by atoms with Gasteiger partial charge in [-0.15, -0.1) is 0 Å². The van der Waals surface area contributed by atoms with Crippen LogP contribution in [0.15, 0.2) is 12.3 Å². The Morgan fingerprint density at radius 1 is 1.23 bits per heavy atom. The Balaban J connectivity index is 1.25. The van der Waals surface area contributed by atoms with Crippen molar-refractivity contribution in [1.82, 2.24) is 26.1 Å². The number of ether oxygens (including phenoxy) is 1. The average Bonchev–Trinajstić information content (AvgIpc) is 3.01. The Hall–Kier alpha value is -2.85. The third-order valence-corrected chi connectivity index (χ3v) is 7.39. The summed E-state index contributed by atoms with van der Waals surface area (Å²) >= 11 is 0. The highest BCUT2D eigenvalue weighted by atomic mass is 19.4. The van der Waals surface area contributed by atoms with Gasteiger partial charge in [0.1, 0.15) is 0 Å². The van der Waals surface area contributed by atoms with Gasteiger partial charge in [0.15, 0.2) is 11.7 Å². The minimum Gasteiger partial charge on any atom is -0.379 e. The molecule has 0 spiro atoms. The topological polar surface area (TPSA) is 102 Å². The number of carbonyl (C=O) groups is 2. The van der Waals surface area contributed by atoms with Crippen LogP contribution >= 0.6 is 0 Å². The fourth-order valence-corrected chi connectivity index (χ4v) is 5.32. The Kier molecular flexibility index (Phi) is 8.99. The minimum absolute atomic E-state index is 0.0427. The molecular formula is C24H33F6N7O3. The number of nitrogens with zero attached hydrogens (tertiary/aromatic N) is 4. The fraction of sp³-hybridized carbons (Fsp3) is 0.708. The van der Waals surface area contributed by atoms with Gasteiger partial charge in [-0.25, -0.2) is 10.4 Å². The Bertz CT molecular complexity index is 1070. The molecule has 0 aliphatic carbocycles. The number of aromatic nitrogens is 1. The number of fused-ring (bicyclic) bond motifs is 3. The lowest BCUT2D eigenvalue weighted by molar-refractivity contribution is -0.193. The number of hydrogen-bond acceptors (Lipinski definition) is 8. The molecule has 2 fully saturated rings. The zero-order chi connectivity index (χ0) is 29.2. The van der Waals surface area contributed by atoms with E-state index in [2.05, 4.69) is 15.7 Å². The van der Waals surface area contributed by atoms with E-state index in [0.717, 1.165) is 12.3 Å². The largest absolute Gasteiger partial charge is 0.417 e. The molecule has 1 aromatic heterocycles. The van der Waals surface area contributed by atoms with Gasteiger partial charge in [0, 0.05) is 64.1 Å². The highest BCUT2D eigenvalue weighted by Gasteiger charge is 2.51. The van der Waals surface area contributed by atoms with Crippen LogP contribution in [0.5, 0.6) is 0 Å². The van der Waals surface area contributed by atoms with Gasteiger partial charge in [0.25, 0.3) is 0 Å². The number of carbonyl (C=O) groups excluding carboxylic acids is 2. The first-order valence-corrected chi connectivity index (χ1v) is 13.0. The maximum absolute atomic E-state index is 13.3. The van der Waals surface area contributed by atoms with Crippen molar-refractivity contribution in [1.29, 1.82) is 0 Å². The molecule has 2 amide bonds. The van der Waals surface area contributed by atoms with E-state index < -0.39 is 41.8 Å². The van der Waals surface area contributed by atoms with E-state index in [1.54, 1.807) is 23.8 Å². The van der Waals surface area contributed by atoms with Crippen LogP contribution in [0.3, 0.4) is 0 Å². The predicted molar refractivity (Wildman–Crippen MR) is 132 cm³/mol. The molecule has 1 aromatic rings. The van der Waals surface area contributed by atoms with Crippen molar-refractivity contribution in [3.63, 3.8) is 0 Å². The summed E-state index contributed by atoms with van der Waals surface area (Å²) in [6.07, 6.45) is -7.66. The maximum Gasteiger partial charge on any atom is 0.417 e. The Labute approximate surface area is 227 Å². The van der Waals surface area contributed by atoms with Crippen molar-refractivity contribution in [3.05, 3.63) is 17.8 Å². The SMILES string of the molecule is C[C@@H](COCCC(=O)N1CCN2c3ncc(C(F)(F)F)cc3N(C)CCC2C1)NC1CNNC(=O)C1C(F)(F)F. The summed E-state index contributed by atoms with van der Waals surface area (Å²) in [5, 5.41) is 2.78. The van der Waals surface area contributed by atoms with Gasteiger partial charge in [-0.3, -0.25) is 15.0 Å². The zero-order valence-electron chi connectivity index (χ0n) is 22.1. The molecule has 0 saturated carbocycles. The number of hydrogen-bond donors (Lipinski definition) is 3. The van der Waals surface area contributed by atoms with E-state index in [9.17, 15) is 35.9 Å². The summed E-state index contributed by atoms with van der Waals surface area (Å²) in [7, 11) is 1.72. The highest BCUT2D eigenvalue weighted by molar-refractivity contribution is 5.80. The summed E-state index contributed by atoms with van der Waals surface area (Å²) in [6.45, 7) is 3.31. The van der Waals surface area contributed by atoms with E-state index in [1.807, 2.05) is 10.3 Å². The van der Waals surface area contributed by atoms with E-state index in [1.165, 1.54) is 0 Å². The predicted octanol–water partition coefficient (Wildman–Crippen LogP) is 1.52. The van der Waals surface area contributed by atoms with E-state index in [-0.39, 0.29) is 38.1 Å². The monoisotopic (exact) mass is 581 g/mol. The number of halogens is 6. The molecule has 0 bridgehead atoms. The Morgan fingerprint density at radius 2 is 1.98 bits per heavy atom. The number of piperazine rings is 1. The molecule has 0 radical (unpaired) electrons. The summed E-state index contributed by atoms with van der Waals surface area (Å²) in [6, 6.07) is -0.671. The second kappa shape index (κ2) is 11.9. The third kappa shape index (κ3) is 6.89. The molecule has 2 saturated heterocycles. The molecule has 224 valence electrons. The van der Waals surface area contributed by atoms with E-state index in [4.69, 9.17) is 4.74 Å². The van der Waals surface area contributed by atoms with E-state index in [0.29, 0.717) is 44.1 Å². The van der Waals surface area contributed by atoms with Crippen molar-refractivity contribution >= 4 is 23.3 Å². The van der Waals surface area contributed by atoms with E-state index >= 15 is 0 Å². The van der Waals surface area contributed by atoms with Crippen LogP contribution in [0.1, 0.15) is 25.3 Å². The minimum atomic E-state index is -4.70. The first-order valence-electron chi connectivity index (χ1n) is 13.0. The zero-order valence-corrected chi connectivity index (χ0v) is 22.1. The summed E-state index contributed by atoms with van der Waals surface area (Å²) in [4.78, 5) is 34.1. The standard InChI is InChI=1S/C24H33F6N7O3/c1-14(33-17-11-32-34-22(39)20(17)24(28,29)30)13-40-8-4-19(38)36-6-7-37-16(12-36)3-5-35(2)18-9-15(23(25,26)27)10-31-21(18)37/h9-10,14,16-17,20,32-33H,3-8,11-13H2,1-2H3,(H,34,39)/t14-,16?,17?,20?/m0/s1. The number of rotatable bonds is 7. The number of pyridine rings is 1. The molecule has 3 N–H and O–H groups in total. The van der Waals surface area contributed by atoms with Gasteiger partial charge in [-0.05, 0) is 19.4 Å². The molecular weight excluding hydrogens is 548 g/mol. The summed E-state index contributed by atoms with van der Waals surface area (Å²) < 4.78 is 85.1. The summed E-state index contributed by atoms with van der Waals surface area (Å²) in [5.74, 6) is -3.02. The lowest BCUT2D eigenvalue weighted by Crippen LogP contribution is -2.64. The lowest BCUT2D eigenvalue weighted by atomic mass is 9.96. The number of hydrazine groups is 1. The molecule has 10 nitrogen and oxygen atoms in total. The number of amides is 2. The molecule has 0 aromatic carbocycles. The molecule has 3 aliphatic rings. The number of alkyl halides is 6. The summed E-state index contributed by atoms with van der Waals surface area (Å²) in [5.41, 5.74) is 4.04. The van der Waals surface area contributed by atoms with Gasteiger partial charge in [-0.2, -0.15) is 26.3 Å². The lowest BCUT2D eigenvalue weighted by Gasteiger charge is -2.41. The second-order valence-corrected chi connectivity index (χ2v) is 10.4.